The lowest BCUT2D eigenvalue weighted by Gasteiger charge is -2.23. The van der Waals surface area contributed by atoms with Crippen molar-refractivity contribution in [2.75, 3.05) is 0 Å². The number of rotatable bonds is 3. The second-order valence-corrected chi connectivity index (χ2v) is 4.41. The standard InChI is InChI=1S/C12H13F2NO2/c13-12(14,9-4-1-2-5-9)10-6-3-7-11(8-10)15(16)17/h3,6-9H,1-2,4-5H2. The Balaban J connectivity index is 2.31. The molecule has 0 atom stereocenters. The fourth-order valence-corrected chi connectivity index (χ4v) is 2.35. The first-order chi connectivity index (χ1) is 8.01. The number of hydrogen-bond acceptors (Lipinski definition) is 2. The Hall–Kier alpha value is -1.52. The summed E-state index contributed by atoms with van der Waals surface area (Å²) in [4.78, 5) is 9.92. The summed E-state index contributed by atoms with van der Waals surface area (Å²) in [6.45, 7) is 0. The molecule has 2 rings (SSSR count). The van der Waals surface area contributed by atoms with Crippen molar-refractivity contribution in [2.24, 2.45) is 5.92 Å². The molecule has 5 heteroatoms. The first-order valence-electron chi connectivity index (χ1n) is 5.64. The summed E-state index contributed by atoms with van der Waals surface area (Å²) in [7, 11) is 0. The van der Waals surface area contributed by atoms with Gasteiger partial charge in [0.2, 0.25) is 0 Å². The van der Waals surface area contributed by atoms with Crippen molar-refractivity contribution in [2.45, 2.75) is 31.6 Å². The van der Waals surface area contributed by atoms with Gasteiger partial charge in [-0.05, 0) is 12.8 Å². The third kappa shape index (κ3) is 2.28. The molecule has 1 saturated carbocycles. The monoisotopic (exact) mass is 241 g/mol. The Labute approximate surface area is 97.6 Å². The molecule has 3 nitrogen and oxygen atoms in total. The molecule has 1 fully saturated rings. The van der Waals surface area contributed by atoms with E-state index in [-0.39, 0.29) is 11.3 Å². The second kappa shape index (κ2) is 4.39. The van der Waals surface area contributed by atoms with Gasteiger partial charge < -0.3 is 0 Å². The van der Waals surface area contributed by atoms with Gasteiger partial charge in [-0.2, -0.15) is 0 Å². The van der Waals surface area contributed by atoms with E-state index in [1.807, 2.05) is 0 Å². The maximum absolute atomic E-state index is 14.1. The minimum absolute atomic E-state index is 0.237. The lowest BCUT2D eigenvalue weighted by atomic mass is 9.93. The highest BCUT2D eigenvalue weighted by atomic mass is 19.3. The molecule has 1 aromatic rings. The molecular formula is C12H13F2NO2. The van der Waals surface area contributed by atoms with Gasteiger partial charge in [-0.3, -0.25) is 10.1 Å². The van der Waals surface area contributed by atoms with Crippen LogP contribution in [0.25, 0.3) is 0 Å². The number of benzene rings is 1. The van der Waals surface area contributed by atoms with E-state index in [9.17, 15) is 18.9 Å². The van der Waals surface area contributed by atoms with Crippen molar-refractivity contribution in [3.8, 4) is 0 Å². The predicted molar refractivity (Wildman–Crippen MR) is 58.9 cm³/mol. The smallest absolute Gasteiger partial charge is 0.258 e. The summed E-state index contributed by atoms with van der Waals surface area (Å²) in [5.74, 6) is -3.63. The van der Waals surface area contributed by atoms with E-state index in [0.29, 0.717) is 12.8 Å². The van der Waals surface area contributed by atoms with Crippen LogP contribution in [0.3, 0.4) is 0 Å². The SMILES string of the molecule is O=[N+]([O-])c1cccc(C(F)(F)C2CCCC2)c1. The Morgan fingerprint density at radius 3 is 2.53 bits per heavy atom. The highest BCUT2D eigenvalue weighted by Crippen LogP contribution is 2.45. The molecule has 0 spiro atoms. The fraction of sp³-hybridized carbons (Fsp3) is 0.500. The molecule has 0 heterocycles. The molecule has 0 unspecified atom stereocenters. The summed E-state index contributed by atoms with van der Waals surface area (Å²) in [5, 5.41) is 10.6. The average Bonchev–Trinajstić information content (AvgIpc) is 2.83. The fourth-order valence-electron chi connectivity index (χ4n) is 2.35. The molecule has 0 amide bonds. The molecule has 0 bridgehead atoms. The summed E-state index contributed by atoms with van der Waals surface area (Å²) in [6.07, 6.45) is 2.62. The van der Waals surface area contributed by atoms with Crippen LogP contribution < -0.4 is 0 Å². The van der Waals surface area contributed by atoms with Gasteiger partial charge in [0.25, 0.3) is 11.6 Å². The van der Waals surface area contributed by atoms with Crippen LogP contribution in [0.15, 0.2) is 24.3 Å². The summed E-state index contributed by atoms with van der Waals surface area (Å²) in [6, 6.07) is 4.80. The highest BCUT2D eigenvalue weighted by Gasteiger charge is 2.42. The lowest BCUT2D eigenvalue weighted by Crippen LogP contribution is -2.23. The van der Waals surface area contributed by atoms with Gasteiger partial charge in [0.05, 0.1) is 4.92 Å². The van der Waals surface area contributed by atoms with Crippen LogP contribution in [0.2, 0.25) is 0 Å². The van der Waals surface area contributed by atoms with Gasteiger partial charge in [0, 0.05) is 23.6 Å². The van der Waals surface area contributed by atoms with Crippen LogP contribution in [-0.2, 0) is 5.92 Å². The Morgan fingerprint density at radius 2 is 1.94 bits per heavy atom. The third-order valence-electron chi connectivity index (χ3n) is 3.31. The van der Waals surface area contributed by atoms with Crippen LogP contribution in [0, 0.1) is 16.0 Å². The minimum Gasteiger partial charge on any atom is -0.258 e. The van der Waals surface area contributed by atoms with E-state index in [1.165, 1.54) is 18.2 Å². The molecular weight excluding hydrogens is 228 g/mol. The first kappa shape index (κ1) is 12.0. The number of alkyl halides is 2. The van der Waals surface area contributed by atoms with Gasteiger partial charge >= 0.3 is 0 Å². The van der Waals surface area contributed by atoms with Crippen molar-refractivity contribution in [1.29, 1.82) is 0 Å². The summed E-state index contributed by atoms with van der Waals surface area (Å²) in [5.41, 5.74) is -0.515. The van der Waals surface area contributed by atoms with Gasteiger partial charge in [0.1, 0.15) is 0 Å². The first-order valence-corrected chi connectivity index (χ1v) is 5.64. The highest BCUT2D eigenvalue weighted by molar-refractivity contribution is 5.36. The topological polar surface area (TPSA) is 43.1 Å². The van der Waals surface area contributed by atoms with E-state index < -0.39 is 16.8 Å². The number of nitro groups is 1. The third-order valence-corrected chi connectivity index (χ3v) is 3.31. The Morgan fingerprint density at radius 1 is 1.29 bits per heavy atom. The van der Waals surface area contributed by atoms with Crippen molar-refractivity contribution in [1.82, 2.24) is 0 Å². The summed E-state index contributed by atoms with van der Waals surface area (Å²) >= 11 is 0. The Bertz CT molecular complexity index is 428. The van der Waals surface area contributed by atoms with E-state index in [2.05, 4.69) is 0 Å². The van der Waals surface area contributed by atoms with Gasteiger partial charge in [-0.15, -0.1) is 0 Å². The van der Waals surface area contributed by atoms with E-state index in [1.54, 1.807) is 0 Å². The molecule has 1 aromatic carbocycles. The van der Waals surface area contributed by atoms with Crippen LogP contribution in [0.5, 0.6) is 0 Å². The van der Waals surface area contributed by atoms with Crippen molar-refractivity contribution < 1.29 is 13.7 Å². The maximum atomic E-state index is 14.1. The zero-order chi connectivity index (χ0) is 12.5. The molecule has 0 aromatic heterocycles. The van der Waals surface area contributed by atoms with Gasteiger partial charge in [-0.25, -0.2) is 8.78 Å². The molecule has 0 saturated heterocycles. The molecule has 0 N–H and O–H groups in total. The molecule has 0 aliphatic heterocycles. The second-order valence-electron chi connectivity index (χ2n) is 4.41. The zero-order valence-corrected chi connectivity index (χ0v) is 9.23. The maximum Gasteiger partial charge on any atom is 0.276 e. The van der Waals surface area contributed by atoms with E-state index in [0.717, 1.165) is 18.9 Å². The van der Waals surface area contributed by atoms with Crippen molar-refractivity contribution in [3.05, 3.63) is 39.9 Å². The van der Waals surface area contributed by atoms with Gasteiger partial charge in [0.15, 0.2) is 0 Å². The number of nitro benzene ring substituents is 1. The number of halogens is 2. The molecule has 1 aliphatic rings. The largest absolute Gasteiger partial charge is 0.276 e. The van der Waals surface area contributed by atoms with Crippen LogP contribution in [-0.4, -0.2) is 4.92 Å². The molecule has 92 valence electrons. The predicted octanol–water partition coefficient (Wildman–Crippen LogP) is 3.88. The van der Waals surface area contributed by atoms with Crippen molar-refractivity contribution in [3.63, 3.8) is 0 Å². The lowest BCUT2D eigenvalue weighted by molar-refractivity contribution is -0.385. The number of non-ortho nitro benzene ring substituents is 1. The average molecular weight is 241 g/mol. The Kier molecular flexibility index (Phi) is 3.09. The number of hydrogen-bond donors (Lipinski definition) is 0. The molecule has 17 heavy (non-hydrogen) atoms. The van der Waals surface area contributed by atoms with Gasteiger partial charge in [-0.1, -0.05) is 25.0 Å². The van der Waals surface area contributed by atoms with E-state index >= 15 is 0 Å². The van der Waals surface area contributed by atoms with Crippen molar-refractivity contribution >= 4 is 5.69 Å². The van der Waals surface area contributed by atoms with Crippen LogP contribution >= 0.6 is 0 Å². The number of nitrogens with zero attached hydrogens (tertiary/aromatic N) is 1. The summed E-state index contributed by atoms with van der Waals surface area (Å²) < 4.78 is 28.2. The molecule has 0 radical (unpaired) electrons. The minimum atomic E-state index is -2.96. The molecule has 1 aliphatic carbocycles. The quantitative estimate of drug-likeness (QED) is 0.595. The normalized spacial score (nSPS) is 17.3. The van der Waals surface area contributed by atoms with Crippen LogP contribution in [0.4, 0.5) is 14.5 Å². The van der Waals surface area contributed by atoms with Crippen LogP contribution in [0.1, 0.15) is 31.2 Å². The zero-order valence-electron chi connectivity index (χ0n) is 9.23. The van der Waals surface area contributed by atoms with E-state index in [4.69, 9.17) is 0 Å².